The predicted octanol–water partition coefficient (Wildman–Crippen LogP) is 4.28. The Hall–Kier alpha value is -4.67. The number of benzene rings is 2. The maximum Gasteiger partial charge on any atom is 0.271 e. The fraction of sp³-hybridized carbons (Fsp3) is 0.441. The van der Waals surface area contributed by atoms with Crippen LogP contribution < -0.4 is 26.6 Å². The topological polar surface area (TPSA) is 151 Å². The van der Waals surface area contributed by atoms with Crippen LogP contribution in [0.1, 0.15) is 77.3 Å². The number of nitrogens with one attached hydrogen (secondary N) is 1. The Morgan fingerprint density at radius 2 is 1.44 bits per heavy atom. The maximum atomic E-state index is 12.2. The van der Waals surface area contributed by atoms with Crippen molar-refractivity contribution in [2.45, 2.75) is 50.9 Å². The number of piperidine rings is 2. The molecule has 238 valence electrons. The molecule has 1 aliphatic carbocycles. The van der Waals surface area contributed by atoms with E-state index >= 15 is 0 Å². The zero-order valence-corrected chi connectivity index (χ0v) is 26.2. The number of nitrogens with zero attached hydrogens (tertiary/aromatic N) is 5. The van der Waals surface area contributed by atoms with Gasteiger partial charge >= 0.3 is 0 Å². The highest BCUT2D eigenvalue weighted by atomic mass is 16.2. The number of nitrogens with two attached hydrogens (primary N) is 2. The first-order valence-electron chi connectivity index (χ1n) is 15.8. The van der Waals surface area contributed by atoms with Gasteiger partial charge in [-0.05, 0) is 92.8 Å². The van der Waals surface area contributed by atoms with Crippen molar-refractivity contribution in [2.24, 2.45) is 17.4 Å². The van der Waals surface area contributed by atoms with Crippen molar-refractivity contribution >= 4 is 40.7 Å². The summed E-state index contributed by atoms with van der Waals surface area (Å²) in [5.41, 5.74) is 14.6. The summed E-state index contributed by atoms with van der Waals surface area (Å²) >= 11 is 0. The molecule has 2 aliphatic heterocycles. The van der Waals surface area contributed by atoms with Crippen molar-refractivity contribution in [3.05, 3.63) is 71.5 Å². The average Bonchev–Trinajstić information content (AvgIpc) is 3.91. The summed E-state index contributed by atoms with van der Waals surface area (Å²) in [5.74, 6) is 1.24. The highest BCUT2D eigenvalue weighted by Crippen LogP contribution is 2.39. The van der Waals surface area contributed by atoms with E-state index < -0.39 is 5.91 Å². The molecule has 2 saturated heterocycles. The van der Waals surface area contributed by atoms with Gasteiger partial charge in [0.1, 0.15) is 5.82 Å². The van der Waals surface area contributed by atoms with Crippen molar-refractivity contribution in [2.75, 3.05) is 55.4 Å². The number of aromatic nitrogens is 2. The van der Waals surface area contributed by atoms with E-state index in [9.17, 15) is 14.4 Å². The molecule has 0 unspecified atom stereocenters. The second kappa shape index (κ2) is 14.4. The molecule has 2 aromatic carbocycles. The van der Waals surface area contributed by atoms with Crippen LogP contribution in [-0.2, 0) is 4.79 Å². The van der Waals surface area contributed by atoms with Gasteiger partial charge in [-0.3, -0.25) is 14.4 Å². The number of amides is 3. The molecule has 6 rings (SSSR count). The van der Waals surface area contributed by atoms with Gasteiger partial charge < -0.3 is 31.5 Å². The van der Waals surface area contributed by atoms with Crippen molar-refractivity contribution < 1.29 is 14.4 Å². The molecule has 0 bridgehead atoms. The molecule has 3 aliphatic rings. The van der Waals surface area contributed by atoms with Crippen molar-refractivity contribution in [1.82, 2.24) is 14.9 Å². The summed E-state index contributed by atoms with van der Waals surface area (Å²) in [6.07, 6.45) is 9.41. The van der Waals surface area contributed by atoms with Crippen LogP contribution in [0, 0.1) is 5.92 Å². The van der Waals surface area contributed by atoms with Crippen LogP contribution >= 0.6 is 0 Å². The molecule has 1 aromatic heterocycles. The molecule has 3 fully saturated rings. The summed E-state index contributed by atoms with van der Waals surface area (Å²) in [7, 11) is 3.63. The van der Waals surface area contributed by atoms with Gasteiger partial charge in [-0.2, -0.15) is 0 Å². The Labute approximate surface area is 265 Å². The van der Waals surface area contributed by atoms with E-state index in [4.69, 9.17) is 11.5 Å². The van der Waals surface area contributed by atoms with E-state index in [1.54, 1.807) is 23.2 Å². The van der Waals surface area contributed by atoms with Gasteiger partial charge in [0.05, 0.1) is 6.20 Å². The maximum absolute atomic E-state index is 12.2. The van der Waals surface area contributed by atoms with Crippen LogP contribution in [-0.4, -0.2) is 72.9 Å². The molecule has 3 amide bonds. The van der Waals surface area contributed by atoms with Crippen LogP contribution in [0.5, 0.6) is 0 Å². The number of anilines is 4. The first-order valence-corrected chi connectivity index (χ1v) is 15.8. The first-order chi connectivity index (χ1) is 21.7. The summed E-state index contributed by atoms with van der Waals surface area (Å²) in [4.78, 5) is 50.0. The Kier molecular flexibility index (Phi) is 10.2. The number of hydrogen-bond donors (Lipinski definition) is 3. The number of carbonyl (C=O) groups excluding carboxylic acids is 3. The average molecular weight is 613 g/mol. The molecule has 0 spiro atoms. The largest absolute Gasteiger partial charge is 0.371 e. The van der Waals surface area contributed by atoms with Gasteiger partial charge in [-0.25, -0.2) is 9.97 Å². The van der Waals surface area contributed by atoms with Crippen molar-refractivity contribution in [3.63, 3.8) is 0 Å². The summed E-state index contributed by atoms with van der Waals surface area (Å²) in [5, 5.41) is 3.23. The predicted molar refractivity (Wildman–Crippen MR) is 177 cm³/mol. The van der Waals surface area contributed by atoms with Crippen LogP contribution in [0.25, 0.3) is 0 Å². The second-order valence-electron chi connectivity index (χ2n) is 12.3. The van der Waals surface area contributed by atoms with E-state index in [1.165, 1.54) is 24.8 Å². The van der Waals surface area contributed by atoms with Crippen LogP contribution in [0.3, 0.4) is 0 Å². The van der Waals surface area contributed by atoms with E-state index in [0.717, 1.165) is 75.0 Å². The zero-order valence-electron chi connectivity index (χ0n) is 26.2. The van der Waals surface area contributed by atoms with Gasteiger partial charge in [0.2, 0.25) is 11.8 Å². The van der Waals surface area contributed by atoms with Crippen molar-refractivity contribution in [1.29, 1.82) is 0 Å². The van der Waals surface area contributed by atoms with Gasteiger partial charge in [0.25, 0.3) is 5.91 Å². The van der Waals surface area contributed by atoms with E-state index in [1.807, 2.05) is 50.5 Å². The standard InChI is InChI=1S/C24H33N7O2.C10H11NO/c1-29(2)24(33)17-10-14-30(15-11-17)19-8-6-18(7-9-19)27-23-21(22(25)32)26-16-20(28-23)31-12-4-3-5-13-31;11-10(12)9-5-3-8(4-6-9)7-1-2-7/h6-9,16-17H,3-5,10-15H2,1-2H3,(H2,25,32)(H,27,28);3-7H,1-2H2,(H2,11,12). The normalized spacial score (nSPS) is 16.8. The zero-order chi connectivity index (χ0) is 31.9. The third kappa shape index (κ3) is 8.29. The molecule has 11 heteroatoms. The van der Waals surface area contributed by atoms with E-state index in [2.05, 4.69) is 25.1 Å². The highest BCUT2D eigenvalue weighted by molar-refractivity contribution is 5.96. The van der Waals surface area contributed by atoms with Gasteiger partial charge in [-0.15, -0.1) is 0 Å². The number of hydrogen-bond acceptors (Lipinski definition) is 8. The molecule has 1 saturated carbocycles. The monoisotopic (exact) mass is 612 g/mol. The molecular weight excluding hydrogens is 568 g/mol. The van der Waals surface area contributed by atoms with E-state index in [0.29, 0.717) is 11.4 Å². The minimum absolute atomic E-state index is 0.107. The molecule has 3 aromatic rings. The van der Waals surface area contributed by atoms with Gasteiger partial charge in [0.15, 0.2) is 11.5 Å². The molecule has 5 N–H and O–H groups in total. The van der Waals surface area contributed by atoms with Gasteiger partial charge in [0, 0.05) is 63.1 Å². The summed E-state index contributed by atoms with van der Waals surface area (Å²) in [6, 6.07) is 15.6. The minimum atomic E-state index is -0.609. The number of rotatable bonds is 8. The fourth-order valence-corrected chi connectivity index (χ4v) is 5.90. The lowest BCUT2D eigenvalue weighted by Gasteiger charge is -2.34. The summed E-state index contributed by atoms with van der Waals surface area (Å²) in [6.45, 7) is 3.59. The van der Waals surface area contributed by atoms with Gasteiger partial charge in [-0.1, -0.05) is 12.1 Å². The van der Waals surface area contributed by atoms with E-state index in [-0.39, 0.29) is 23.4 Å². The molecule has 0 atom stereocenters. The second-order valence-corrected chi connectivity index (χ2v) is 12.3. The minimum Gasteiger partial charge on any atom is -0.371 e. The molecule has 45 heavy (non-hydrogen) atoms. The molecule has 0 radical (unpaired) electrons. The third-order valence-corrected chi connectivity index (χ3v) is 8.70. The van der Waals surface area contributed by atoms with Crippen LogP contribution in [0.2, 0.25) is 0 Å². The number of carbonyl (C=O) groups is 3. The molecular formula is C34H44N8O3. The number of primary amides is 2. The third-order valence-electron chi connectivity index (χ3n) is 8.70. The Morgan fingerprint density at radius 1 is 0.800 bits per heavy atom. The Morgan fingerprint density at radius 3 is 2.00 bits per heavy atom. The van der Waals surface area contributed by atoms with Crippen LogP contribution in [0.15, 0.2) is 54.7 Å². The smallest absolute Gasteiger partial charge is 0.271 e. The van der Waals surface area contributed by atoms with Crippen molar-refractivity contribution in [3.8, 4) is 0 Å². The Balaban J connectivity index is 0.000000277. The highest BCUT2D eigenvalue weighted by Gasteiger charge is 2.26. The lowest BCUT2D eigenvalue weighted by Crippen LogP contribution is -2.40. The SMILES string of the molecule is CN(C)C(=O)C1CCN(c2ccc(Nc3nc(N4CCCCC4)cnc3C(N)=O)cc2)CC1.NC(=O)c1ccc(C2CC2)cc1. The molecule has 3 heterocycles. The first kappa shape index (κ1) is 31.7. The quantitative estimate of drug-likeness (QED) is 0.341. The lowest BCUT2D eigenvalue weighted by molar-refractivity contribution is -0.133. The van der Waals surface area contributed by atoms with Crippen LogP contribution in [0.4, 0.5) is 23.0 Å². The lowest BCUT2D eigenvalue weighted by atomic mass is 9.95. The fourth-order valence-electron chi connectivity index (χ4n) is 5.90. The summed E-state index contributed by atoms with van der Waals surface area (Å²) < 4.78 is 0. The Bertz CT molecular complexity index is 1470. The molecule has 11 nitrogen and oxygen atoms in total.